The number of aliphatic carboxylic acids is 1. The summed E-state index contributed by atoms with van der Waals surface area (Å²) in [6.45, 7) is 6.33. The second-order valence-corrected chi connectivity index (χ2v) is 5.64. The van der Waals surface area contributed by atoms with E-state index in [2.05, 4.69) is 29.5 Å². The summed E-state index contributed by atoms with van der Waals surface area (Å²) in [5.41, 5.74) is -1.21. The molecule has 0 aromatic carbocycles. The van der Waals surface area contributed by atoms with Gasteiger partial charge in [-0.1, -0.05) is 6.92 Å². The van der Waals surface area contributed by atoms with E-state index < -0.39 is 17.5 Å². The van der Waals surface area contributed by atoms with Gasteiger partial charge in [0.05, 0.1) is 0 Å². The van der Waals surface area contributed by atoms with Gasteiger partial charge in [-0.15, -0.1) is 0 Å². The Morgan fingerprint density at radius 3 is 2.58 bits per heavy atom. The SMILES string of the molecule is CCC(C)(NC(=O)NC1CCN(C)C(C)C1)C(=O)O. The molecular formula is C13H25N3O3. The highest BCUT2D eigenvalue weighted by Crippen LogP contribution is 2.15. The summed E-state index contributed by atoms with van der Waals surface area (Å²) in [4.78, 5) is 25.3. The van der Waals surface area contributed by atoms with Crippen molar-refractivity contribution in [2.45, 2.75) is 57.7 Å². The van der Waals surface area contributed by atoms with E-state index in [0.717, 1.165) is 19.4 Å². The minimum atomic E-state index is -1.21. The van der Waals surface area contributed by atoms with E-state index in [0.29, 0.717) is 12.5 Å². The molecule has 0 spiro atoms. The number of carboxylic acids is 1. The third kappa shape index (κ3) is 4.09. The van der Waals surface area contributed by atoms with Crippen LogP contribution in [0.1, 0.15) is 40.0 Å². The van der Waals surface area contributed by atoms with E-state index in [1.54, 1.807) is 6.92 Å². The third-order valence-corrected chi connectivity index (χ3v) is 4.11. The minimum absolute atomic E-state index is 0.112. The maximum absolute atomic E-state index is 11.9. The number of nitrogens with one attached hydrogen (secondary N) is 2. The highest BCUT2D eigenvalue weighted by Gasteiger charge is 2.33. The molecule has 1 heterocycles. The van der Waals surface area contributed by atoms with Gasteiger partial charge < -0.3 is 20.6 Å². The molecule has 1 rings (SSSR count). The van der Waals surface area contributed by atoms with Crippen LogP contribution in [0.15, 0.2) is 0 Å². The largest absolute Gasteiger partial charge is 0.480 e. The van der Waals surface area contributed by atoms with Crippen LogP contribution >= 0.6 is 0 Å². The highest BCUT2D eigenvalue weighted by atomic mass is 16.4. The van der Waals surface area contributed by atoms with E-state index in [9.17, 15) is 9.59 Å². The highest BCUT2D eigenvalue weighted by molar-refractivity contribution is 5.85. The molecule has 6 heteroatoms. The number of likely N-dealkylation sites (tertiary alicyclic amines) is 1. The van der Waals surface area contributed by atoms with Crippen LogP contribution in [0.25, 0.3) is 0 Å². The summed E-state index contributed by atoms with van der Waals surface area (Å²) >= 11 is 0. The number of carboxylic acid groups (broad SMARTS) is 1. The summed E-state index contributed by atoms with van der Waals surface area (Å²) in [6, 6.07) is 0.144. The van der Waals surface area contributed by atoms with Crippen molar-refractivity contribution in [2.24, 2.45) is 0 Å². The van der Waals surface area contributed by atoms with Gasteiger partial charge in [0.15, 0.2) is 0 Å². The van der Waals surface area contributed by atoms with Crippen LogP contribution in [0.4, 0.5) is 4.79 Å². The van der Waals surface area contributed by atoms with Crippen molar-refractivity contribution in [1.29, 1.82) is 0 Å². The lowest BCUT2D eigenvalue weighted by Crippen LogP contribution is -2.57. The third-order valence-electron chi connectivity index (χ3n) is 4.11. The van der Waals surface area contributed by atoms with Gasteiger partial charge in [-0.05, 0) is 40.2 Å². The Hall–Kier alpha value is -1.30. The van der Waals surface area contributed by atoms with Crippen molar-refractivity contribution < 1.29 is 14.7 Å². The van der Waals surface area contributed by atoms with E-state index >= 15 is 0 Å². The first-order chi connectivity index (χ1) is 8.78. The molecule has 2 amide bonds. The van der Waals surface area contributed by atoms with Crippen molar-refractivity contribution in [3.05, 3.63) is 0 Å². The predicted octanol–water partition coefficient (Wildman–Crippen LogP) is 1.02. The molecule has 19 heavy (non-hydrogen) atoms. The quantitative estimate of drug-likeness (QED) is 0.713. The number of nitrogens with zero attached hydrogens (tertiary/aromatic N) is 1. The molecule has 3 atom stereocenters. The van der Waals surface area contributed by atoms with E-state index in [1.165, 1.54) is 6.92 Å². The second-order valence-electron chi connectivity index (χ2n) is 5.64. The van der Waals surface area contributed by atoms with Crippen LogP contribution in [0, 0.1) is 0 Å². The number of rotatable bonds is 4. The summed E-state index contributed by atoms with van der Waals surface area (Å²) in [5.74, 6) is -1.01. The fourth-order valence-corrected chi connectivity index (χ4v) is 2.19. The number of amides is 2. The topological polar surface area (TPSA) is 81.7 Å². The molecule has 3 unspecified atom stereocenters. The van der Waals surface area contributed by atoms with Crippen molar-refractivity contribution in [1.82, 2.24) is 15.5 Å². The molecule has 110 valence electrons. The molecule has 3 N–H and O–H groups in total. The van der Waals surface area contributed by atoms with Crippen LogP contribution in [-0.4, -0.2) is 53.2 Å². The molecule has 0 bridgehead atoms. The Morgan fingerprint density at radius 1 is 1.47 bits per heavy atom. The zero-order valence-electron chi connectivity index (χ0n) is 12.2. The van der Waals surface area contributed by atoms with Gasteiger partial charge >= 0.3 is 12.0 Å². The number of carbonyl (C=O) groups is 2. The van der Waals surface area contributed by atoms with Gasteiger partial charge in [-0.2, -0.15) is 0 Å². The van der Waals surface area contributed by atoms with Gasteiger partial charge in [0.1, 0.15) is 5.54 Å². The predicted molar refractivity (Wildman–Crippen MR) is 73.1 cm³/mol. The molecule has 1 aliphatic rings. The number of urea groups is 1. The lowest BCUT2D eigenvalue weighted by atomic mass is 9.98. The minimum Gasteiger partial charge on any atom is -0.480 e. The van der Waals surface area contributed by atoms with E-state index in [1.807, 2.05) is 0 Å². The second kappa shape index (κ2) is 6.23. The van der Waals surface area contributed by atoms with Gasteiger partial charge in [0.25, 0.3) is 0 Å². The number of hydrogen-bond donors (Lipinski definition) is 3. The molecule has 0 radical (unpaired) electrons. The summed E-state index contributed by atoms with van der Waals surface area (Å²) < 4.78 is 0. The summed E-state index contributed by atoms with van der Waals surface area (Å²) in [7, 11) is 2.07. The lowest BCUT2D eigenvalue weighted by molar-refractivity contribution is -0.143. The van der Waals surface area contributed by atoms with Gasteiger partial charge in [0.2, 0.25) is 0 Å². The van der Waals surface area contributed by atoms with Crippen molar-refractivity contribution in [3.8, 4) is 0 Å². The average Bonchev–Trinajstić information content (AvgIpc) is 2.33. The zero-order valence-corrected chi connectivity index (χ0v) is 12.2. The summed E-state index contributed by atoms with van der Waals surface area (Å²) in [5, 5.41) is 14.5. The molecular weight excluding hydrogens is 246 g/mol. The monoisotopic (exact) mass is 271 g/mol. The molecule has 0 saturated carbocycles. The van der Waals surface area contributed by atoms with Crippen LogP contribution in [0.5, 0.6) is 0 Å². The van der Waals surface area contributed by atoms with Crippen molar-refractivity contribution in [2.75, 3.05) is 13.6 Å². The maximum Gasteiger partial charge on any atom is 0.329 e. The molecule has 1 fully saturated rings. The van der Waals surface area contributed by atoms with Crippen LogP contribution in [0.2, 0.25) is 0 Å². The average molecular weight is 271 g/mol. The maximum atomic E-state index is 11.9. The summed E-state index contributed by atoms with van der Waals surface area (Å²) in [6.07, 6.45) is 2.13. The Morgan fingerprint density at radius 2 is 2.11 bits per heavy atom. The molecule has 1 aliphatic heterocycles. The van der Waals surface area contributed by atoms with Crippen molar-refractivity contribution >= 4 is 12.0 Å². The molecule has 0 aliphatic carbocycles. The van der Waals surface area contributed by atoms with Crippen LogP contribution in [0.3, 0.4) is 0 Å². The first-order valence-corrected chi connectivity index (χ1v) is 6.80. The van der Waals surface area contributed by atoms with Crippen molar-refractivity contribution in [3.63, 3.8) is 0 Å². The lowest BCUT2D eigenvalue weighted by Gasteiger charge is -2.36. The van der Waals surface area contributed by atoms with Gasteiger partial charge in [-0.25, -0.2) is 9.59 Å². The van der Waals surface area contributed by atoms with Gasteiger partial charge in [0, 0.05) is 18.6 Å². The number of carbonyl (C=O) groups excluding carboxylic acids is 1. The fraction of sp³-hybridized carbons (Fsp3) is 0.846. The van der Waals surface area contributed by atoms with E-state index in [4.69, 9.17) is 5.11 Å². The number of hydrogen-bond acceptors (Lipinski definition) is 3. The first-order valence-electron chi connectivity index (χ1n) is 6.80. The molecule has 0 aromatic rings. The molecule has 0 aromatic heterocycles. The number of piperidine rings is 1. The van der Waals surface area contributed by atoms with Crippen LogP contribution in [-0.2, 0) is 4.79 Å². The standard InChI is InChI=1S/C13H25N3O3/c1-5-13(3,11(17)18)15-12(19)14-10-6-7-16(4)9(2)8-10/h9-10H,5-8H2,1-4H3,(H,17,18)(H2,14,15,19). The molecule has 6 nitrogen and oxygen atoms in total. The zero-order chi connectivity index (χ0) is 14.6. The van der Waals surface area contributed by atoms with Gasteiger partial charge in [-0.3, -0.25) is 0 Å². The normalized spacial score (nSPS) is 27.4. The Balaban J connectivity index is 2.49. The Labute approximate surface area is 114 Å². The Bertz CT molecular complexity index is 348. The Kier molecular flexibility index (Phi) is 5.17. The van der Waals surface area contributed by atoms with Crippen LogP contribution < -0.4 is 10.6 Å². The first kappa shape index (κ1) is 15.8. The fourth-order valence-electron chi connectivity index (χ4n) is 2.19. The van der Waals surface area contributed by atoms with E-state index in [-0.39, 0.29) is 6.04 Å². The smallest absolute Gasteiger partial charge is 0.329 e. The molecule has 1 saturated heterocycles.